The van der Waals surface area contributed by atoms with Crippen molar-refractivity contribution in [3.8, 4) is 0 Å². The molecule has 0 heterocycles. The Balaban J connectivity index is 2.44. The molecule has 0 aliphatic heterocycles. The molecule has 3 heteroatoms. The van der Waals surface area contributed by atoms with E-state index in [-0.39, 0.29) is 10.9 Å². The number of thioether (sulfide) groups is 1. The van der Waals surface area contributed by atoms with Crippen LogP contribution in [0.2, 0.25) is 0 Å². The van der Waals surface area contributed by atoms with Crippen LogP contribution in [0.15, 0.2) is 30.3 Å². The van der Waals surface area contributed by atoms with Gasteiger partial charge < -0.3 is 0 Å². The van der Waals surface area contributed by atoms with Crippen molar-refractivity contribution in [1.82, 2.24) is 0 Å². The zero-order valence-electron chi connectivity index (χ0n) is 7.87. The van der Waals surface area contributed by atoms with Crippen molar-refractivity contribution in [2.75, 3.05) is 5.75 Å². The minimum absolute atomic E-state index is 0.105. The number of carbonyl (C=O) groups is 1. The molecule has 0 saturated heterocycles. The van der Waals surface area contributed by atoms with E-state index in [1.807, 2.05) is 12.2 Å². The molecule has 1 aromatic carbocycles. The largest absolute Gasteiger partial charge is 0.288 e. The second-order valence-corrected chi connectivity index (χ2v) is 3.95. The molecule has 14 heavy (non-hydrogen) atoms. The van der Waals surface area contributed by atoms with Gasteiger partial charge in [0.1, 0.15) is 5.82 Å². The van der Waals surface area contributed by atoms with Gasteiger partial charge in [0, 0.05) is 12.7 Å². The van der Waals surface area contributed by atoms with E-state index < -0.39 is 0 Å². The van der Waals surface area contributed by atoms with Crippen molar-refractivity contribution in [1.29, 1.82) is 0 Å². The summed E-state index contributed by atoms with van der Waals surface area (Å²) in [6.45, 7) is 1.54. The number of hydrogen-bond acceptors (Lipinski definition) is 2. The Bertz CT molecular complexity index is 330. The van der Waals surface area contributed by atoms with Crippen LogP contribution in [0.25, 0.3) is 6.08 Å². The quantitative estimate of drug-likeness (QED) is 0.762. The summed E-state index contributed by atoms with van der Waals surface area (Å²) in [6, 6.07) is 6.23. The van der Waals surface area contributed by atoms with E-state index in [4.69, 9.17) is 0 Å². The van der Waals surface area contributed by atoms with Gasteiger partial charge in [0.15, 0.2) is 5.12 Å². The Labute approximate surface area is 87.0 Å². The molecule has 0 N–H and O–H groups in total. The fourth-order valence-electron chi connectivity index (χ4n) is 0.924. The number of rotatable bonds is 3. The van der Waals surface area contributed by atoms with Crippen LogP contribution >= 0.6 is 11.8 Å². The summed E-state index contributed by atoms with van der Waals surface area (Å²) in [4.78, 5) is 10.6. The third-order valence-corrected chi connectivity index (χ3v) is 2.33. The lowest BCUT2D eigenvalue weighted by atomic mass is 10.2. The fourth-order valence-corrected chi connectivity index (χ4v) is 1.35. The van der Waals surface area contributed by atoms with Gasteiger partial charge in [0.05, 0.1) is 0 Å². The van der Waals surface area contributed by atoms with E-state index in [1.54, 1.807) is 12.1 Å². The fraction of sp³-hybridized carbons (Fsp3) is 0.182. The molecule has 0 atom stereocenters. The molecule has 1 nitrogen and oxygen atoms in total. The summed E-state index contributed by atoms with van der Waals surface area (Å²) < 4.78 is 12.5. The van der Waals surface area contributed by atoms with Crippen molar-refractivity contribution < 1.29 is 9.18 Å². The average molecular weight is 210 g/mol. The molecule has 0 amide bonds. The maximum absolute atomic E-state index is 12.5. The van der Waals surface area contributed by atoms with Gasteiger partial charge in [0.25, 0.3) is 0 Å². The summed E-state index contributed by atoms with van der Waals surface area (Å²) >= 11 is 1.25. The Morgan fingerprint density at radius 3 is 2.64 bits per heavy atom. The second kappa shape index (κ2) is 5.60. The highest BCUT2D eigenvalue weighted by Crippen LogP contribution is 2.07. The van der Waals surface area contributed by atoms with E-state index >= 15 is 0 Å². The lowest BCUT2D eigenvalue weighted by Gasteiger charge is -1.92. The van der Waals surface area contributed by atoms with E-state index in [1.165, 1.54) is 30.8 Å². The molecule has 0 aliphatic rings. The van der Waals surface area contributed by atoms with Crippen LogP contribution in [0.3, 0.4) is 0 Å². The van der Waals surface area contributed by atoms with Gasteiger partial charge in [-0.1, -0.05) is 36.0 Å². The minimum Gasteiger partial charge on any atom is -0.288 e. The molecular formula is C11H11FOS. The second-order valence-electron chi connectivity index (χ2n) is 2.76. The topological polar surface area (TPSA) is 17.1 Å². The third-order valence-electron chi connectivity index (χ3n) is 1.56. The summed E-state index contributed by atoms with van der Waals surface area (Å²) in [5.74, 6) is 0.424. The molecular weight excluding hydrogens is 199 g/mol. The molecule has 0 saturated carbocycles. The molecule has 0 unspecified atom stereocenters. The van der Waals surface area contributed by atoms with Gasteiger partial charge in [0.2, 0.25) is 0 Å². The molecule has 1 aromatic rings. The van der Waals surface area contributed by atoms with Crippen molar-refractivity contribution in [2.45, 2.75) is 6.92 Å². The molecule has 1 rings (SSSR count). The highest BCUT2D eigenvalue weighted by molar-refractivity contribution is 8.13. The van der Waals surface area contributed by atoms with Crippen LogP contribution in [0.5, 0.6) is 0 Å². The molecule has 74 valence electrons. The molecule has 0 bridgehead atoms. The molecule has 0 spiro atoms. The zero-order valence-corrected chi connectivity index (χ0v) is 8.68. The first kappa shape index (κ1) is 11.0. The van der Waals surface area contributed by atoms with Gasteiger partial charge >= 0.3 is 0 Å². The Morgan fingerprint density at radius 2 is 2.07 bits per heavy atom. The standard InChI is InChI=1S/C11H11FOS/c1-9(13)14-8-2-3-10-4-6-11(12)7-5-10/h2-7H,8H2,1H3. The summed E-state index contributed by atoms with van der Waals surface area (Å²) in [5.41, 5.74) is 0.940. The third kappa shape index (κ3) is 4.23. The number of benzene rings is 1. The summed E-state index contributed by atoms with van der Waals surface area (Å²) in [6.07, 6.45) is 3.76. The first-order valence-electron chi connectivity index (χ1n) is 4.24. The maximum atomic E-state index is 12.5. The van der Waals surface area contributed by atoms with Crippen LogP contribution in [-0.2, 0) is 4.79 Å². The van der Waals surface area contributed by atoms with Crippen LogP contribution in [-0.4, -0.2) is 10.9 Å². The molecule has 0 aliphatic carbocycles. The monoisotopic (exact) mass is 210 g/mol. The highest BCUT2D eigenvalue weighted by Gasteiger charge is 1.90. The van der Waals surface area contributed by atoms with Crippen LogP contribution in [0.4, 0.5) is 4.39 Å². The van der Waals surface area contributed by atoms with E-state index in [2.05, 4.69) is 0 Å². The predicted octanol–water partition coefficient (Wildman–Crippen LogP) is 3.12. The van der Waals surface area contributed by atoms with Crippen molar-refractivity contribution in [3.63, 3.8) is 0 Å². The summed E-state index contributed by atoms with van der Waals surface area (Å²) in [7, 11) is 0. The maximum Gasteiger partial charge on any atom is 0.186 e. The minimum atomic E-state index is -0.236. The average Bonchev–Trinajstić information content (AvgIpc) is 2.15. The Morgan fingerprint density at radius 1 is 1.43 bits per heavy atom. The van der Waals surface area contributed by atoms with Crippen molar-refractivity contribution in [2.24, 2.45) is 0 Å². The lowest BCUT2D eigenvalue weighted by Crippen LogP contribution is -1.81. The smallest absolute Gasteiger partial charge is 0.186 e. The predicted molar refractivity (Wildman–Crippen MR) is 58.6 cm³/mol. The van der Waals surface area contributed by atoms with Gasteiger partial charge in [-0.25, -0.2) is 4.39 Å². The Kier molecular flexibility index (Phi) is 4.40. The first-order chi connectivity index (χ1) is 6.68. The lowest BCUT2D eigenvalue weighted by molar-refractivity contribution is -0.109. The van der Waals surface area contributed by atoms with Gasteiger partial charge in [-0.05, 0) is 17.7 Å². The number of halogens is 1. The number of hydrogen-bond donors (Lipinski definition) is 0. The molecule has 0 aromatic heterocycles. The summed E-state index contributed by atoms with van der Waals surface area (Å²) in [5, 5.41) is 0.105. The van der Waals surface area contributed by atoms with Crippen molar-refractivity contribution >= 4 is 23.0 Å². The van der Waals surface area contributed by atoms with Crippen LogP contribution in [0, 0.1) is 5.82 Å². The number of carbonyl (C=O) groups excluding carboxylic acids is 1. The van der Waals surface area contributed by atoms with Gasteiger partial charge in [-0.15, -0.1) is 0 Å². The van der Waals surface area contributed by atoms with E-state index in [0.717, 1.165) is 5.56 Å². The highest BCUT2D eigenvalue weighted by atomic mass is 32.2. The van der Waals surface area contributed by atoms with Gasteiger partial charge in [-0.2, -0.15) is 0 Å². The van der Waals surface area contributed by atoms with E-state index in [9.17, 15) is 9.18 Å². The molecule has 0 fully saturated rings. The van der Waals surface area contributed by atoms with Crippen LogP contribution in [0.1, 0.15) is 12.5 Å². The SMILES string of the molecule is CC(=O)SCC=Cc1ccc(F)cc1. The Hall–Kier alpha value is -1.09. The first-order valence-corrected chi connectivity index (χ1v) is 5.22. The van der Waals surface area contributed by atoms with Gasteiger partial charge in [-0.3, -0.25) is 4.79 Å². The van der Waals surface area contributed by atoms with Crippen LogP contribution < -0.4 is 0 Å². The molecule has 0 radical (unpaired) electrons. The zero-order chi connectivity index (χ0) is 10.4. The van der Waals surface area contributed by atoms with Crippen molar-refractivity contribution in [3.05, 3.63) is 41.7 Å². The normalized spacial score (nSPS) is 10.7. The van der Waals surface area contributed by atoms with E-state index in [0.29, 0.717) is 5.75 Å².